The minimum Gasteiger partial charge on any atom is -0.339 e. The van der Waals surface area contributed by atoms with Gasteiger partial charge in [0.25, 0.3) is 5.69 Å². The average Bonchev–Trinajstić information content (AvgIpc) is 2.61. The molecule has 11 heteroatoms. The summed E-state index contributed by atoms with van der Waals surface area (Å²) in [6.45, 7) is 0. The van der Waals surface area contributed by atoms with Crippen LogP contribution in [0.4, 0.5) is 11.4 Å². The number of hydrogen-bond acceptors (Lipinski definition) is 4. The summed E-state index contributed by atoms with van der Waals surface area (Å²) in [5, 5.41) is 18.9. The van der Waals surface area contributed by atoms with Gasteiger partial charge in [-0.1, -0.05) is 65.1 Å². The topological polar surface area (TPSA) is 96.3 Å². The molecule has 0 heterocycles. The van der Waals surface area contributed by atoms with Crippen LogP contribution in [0, 0.1) is 10.1 Å². The van der Waals surface area contributed by atoms with Crippen molar-refractivity contribution in [3.8, 4) is 0 Å². The van der Waals surface area contributed by atoms with Crippen LogP contribution >= 0.6 is 47.0 Å². The van der Waals surface area contributed by atoms with Gasteiger partial charge in [-0.3, -0.25) is 14.9 Å². The fourth-order valence-corrected chi connectivity index (χ4v) is 2.72. The van der Waals surface area contributed by atoms with Crippen molar-refractivity contribution in [3.63, 3.8) is 0 Å². The van der Waals surface area contributed by atoms with E-state index in [2.05, 4.69) is 16.0 Å². The predicted molar refractivity (Wildman–Crippen MR) is 115 cm³/mol. The molecule has 0 saturated heterocycles. The number of non-ortho nitro benzene ring substituents is 1. The normalized spacial score (nSPS) is 12.0. The lowest BCUT2D eigenvalue weighted by molar-refractivity contribution is -0.384. The van der Waals surface area contributed by atoms with Crippen LogP contribution in [0.3, 0.4) is 0 Å². The number of rotatable bonds is 6. The van der Waals surface area contributed by atoms with E-state index in [9.17, 15) is 14.9 Å². The van der Waals surface area contributed by atoms with Gasteiger partial charge in [0.2, 0.25) is 9.70 Å². The van der Waals surface area contributed by atoms with E-state index < -0.39 is 14.9 Å². The molecule has 0 aliphatic heterocycles. The SMILES string of the molecule is O=C(Cc1ccccc1)N[C@@H](NC(=S)Nc1ccc([N+](=O)[O-])cc1)C(Cl)(Cl)Cl. The maximum absolute atomic E-state index is 12.3. The Morgan fingerprint density at radius 2 is 1.68 bits per heavy atom. The fourth-order valence-electron chi connectivity index (χ4n) is 2.16. The van der Waals surface area contributed by atoms with Crippen molar-refractivity contribution in [1.29, 1.82) is 0 Å². The lowest BCUT2D eigenvalue weighted by atomic mass is 10.1. The Labute approximate surface area is 181 Å². The van der Waals surface area contributed by atoms with Crippen molar-refractivity contribution in [2.75, 3.05) is 5.32 Å². The molecule has 0 unspecified atom stereocenters. The molecule has 1 atom stereocenters. The van der Waals surface area contributed by atoms with Crippen LogP contribution in [0.1, 0.15) is 5.56 Å². The van der Waals surface area contributed by atoms with Crippen LogP contribution in [0.25, 0.3) is 0 Å². The molecule has 0 spiro atoms. The second-order valence-corrected chi connectivity index (χ2v) is 8.38. The van der Waals surface area contributed by atoms with Gasteiger partial charge in [0.15, 0.2) is 5.11 Å². The highest BCUT2D eigenvalue weighted by Crippen LogP contribution is 2.29. The quantitative estimate of drug-likeness (QED) is 0.198. The lowest BCUT2D eigenvalue weighted by Crippen LogP contribution is -2.56. The molecule has 148 valence electrons. The van der Waals surface area contributed by atoms with Gasteiger partial charge in [0.05, 0.1) is 11.3 Å². The Hall–Kier alpha value is -2.13. The van der Waals surface area contributed by atoms with E-state index >= 15 is 0 Å². The Bertz CT molecular complexity index is 845. The van der Waals surface area contributed by atoms with Gasteiger partial charge in [-0.15, -0.1) is 0 Å². The number of hydrogen-bond donors (Lipinski definition) is 3. The van der Waals surface area contributed by atoms with Gasteiger partial charge in [0, 0.05) is 17.8 Å². The Balaban J connectivity index is 1.98. The summed E-state index contributed by atoms with van der Waals surface area (Å²) in [5.41, 5.74) is 1.23. The minimum atomic E-state index is -1.88. The second-order valence-electron chi connectivity index (χ2n) is 5.61. The summed E-state index contributed by atoms with van der Waals surface area (Å²) in [7, 11) is 0. The number of halogens is 3. The smallest absolute Gasteiger partial charge is 0.269 e. The minimum absolute atomic E-state index is 0.0585. The van der Waals surface area contributed by atoms with Crippen LogP contribution in [0.15, 0.2) is 54.6 Å². The largest absolute Gasteiger partial charge is 0.339 e. The van der Waals surface area contributed by atoms with E-state index in [0.29, 0.717) is 5.69 Å². The number of amides is 1. The average molecular weight is 462 g/mol. The Morgan fingerprint density at radius 3 is 2.21 bits per heavy atom. The maximum Gasteiger partial charge on any atom is 0.269 e. The number of nitro benzene ring substituents is 1. The van der Waals surface area contributed by atoms with Gasteiger partial charge in [-0.2, -0.15) is 0 Å². The number of carbonyl (C=O) groups excluding carboxylic acids is 1. The molecular formula is C17H15Cl3N4O3S. The van der Waals surface area contributed by atoms with Gasteiger partial charge in [0.1, 0.15) is 6.17 Å². The number of nitro groups is 1. The first kappa shape index (κ1) is 22.2. The molecule has 3 N–H and O–H groups in total. The van der Waals surface area contributed by atoms with Crippen LogP contribution in [0.5, 0.6) is 0 Å². The van der Waals surface area contributed by atoms with Crippen molar-refractivity contribution < 1.29 is 9.72 Å². The van der Waals surface area contributed by atoms with Crippen LogP contribution in [0.2, 0.25) is 0 Å². The monoisotopic (exact) mass is 460 g/mol. The highest BCUT2D eigenvalue weighted by molar-refractivity contribution is 7.80. The predicted octanol–water partition coefficient (Wildman–Crippen LogP) is 3.94. The summed E-state index contributed by atoms with van der Waals surface area (Å²) < 4.78 is -1.88. The molecule has 7 nitrogen and oxygen atoms in total. The van der Waals surface area contributed by atoms with Crippen LogP contribution in [-0.4, -0.2) is 25.9 Å². The fraction of sp³-hybridized carbons (Fsp3) is 0.176. The zero-order chi connectivity index (χ0) is 20.7. The molecule has 2 rings (SSSR count). The number of thiocarbonyl (C=S) groups is 1. The summed E-state index contributed by atoms with van der Waals surface area (Å²) in [4.78, 5) is 22.4. The van der Waals surface area contributed by atoms with E-state index in [4.69, 9.17) is 47.0 Å². The van der Waals surface area contributed by atoms with E-state index in [-0.39, 0.29) is 23.1 Å². The van der Waals surface area contributed by atoms with Gasteiger partial charge in [-0.25, -0.2) is 0 Å². The zero-order valence-corrected chi connectivity index (χ0v) is 17.3. The summed E-state index contributed by atoms with van der Waals surface area (Å²) in [6.07, 6.45) is -1.01. The third kappa shape index (κ3) is 7.12. The van der Waals surface area contributed by atoms with Crippen molar-refractivity contribution in [1.82, 2.24) is 10.6 Å². The van der Waals surface area contributed by atoms with Gasteiger partial charge in [-0.05, 0) is 29.9 Å². The lowest BCUT2D eigenvalue weighted by Gasteiger charge is -2.27. The van der Waals surface area contributed by atoms with Gasteiger partial charge < -0.3 is 16.0 Å². The molecule has 0 saturated carbocycles. The third-order valence-electron chi connectivity index (χ3n) is 3.45. The van der Waals surface area contributed by atoms with Crippen LogP contribution < -0.4 is 16.0 Å². The van der Waals surface area contributed by atoms with Crippen molar-refractivity contribution in [2.45, 2.75) is 16.4 Å². The maximum atomic E-state index is 12.3. The van der Waals surface area contributed by atoms with Crippen molar-refractivity contribution in [3.05, 3.63) is 70.3 Å². The zero-order valence-electron chi connectivity index (χ0n) is 14.2. The number of alkyl halides is 3. The van der Waals surface area contributed by atoms with E-state index in [1.807, 2.05) is 18.2 Å². The number of anilines is 1. The van der Waals surface area contributed by atoms with E-state index in [1.54, 1.807) is 12.1 Å². The molecular weight excluding hydrogens is 447 g/mol. The number of benzene rings is 2. The molecule has 0 aliphatic carbocycles. The first-order valence-corrected chi connectivity index (χ1v) is 9.41. The van der Waals surface area contributed by atoms with Crippen molar-refractivity contribution >= 4 is 69.4 Å². The highest BCUT2D eigenvalue weighted by Gasteiger charge is 2.34. The molecule has 0 radical (unpaired) electrons. The molecule has 0 aliphatic rings. The number of nitrogens with zero attached hydrogens (tertiary/aromatic N) is 1. The number of carbonyl (C=O) groups is 1. The summed E-state index contributed by atoms with van der Waals surface area (Å²) in [5.74, 6) is -0.367. The van der Waals surface area contributed by atoms with Gasteiger partial charge >= 0.3 is 0 Å². The first-order valence-electron chi connectivity index (χ1n) is 7.87. The van der Waals surface area contributed by atoms with Crippen molar-refractivity contribution in [2.24, 2.45) is 0 Å². The standard InChI is InChI=1S/C17H15Cl3N4O3S/c18-17(19,20)15(22-14(25)10-11-4-2-1-3-5-11)23-16(28)21-12-6-8-13(9-7-12)24(26)27/h1-9,15H,10H2,(H,22,25)(H2,21,23,28)/t15-/m0/s1. The van der Waals surface area contributed by atoms with E-state index in [1.165, 1.54) is 24.3 Å². The molecule has 0 bridgehead atoms. The van der Waals surface area contributed by atoms with E-state index in [0.717, 1.165) is 5.56 Å². The van der Waals surface area contributed by atoms with Crippen LogP contribution in [-0.2, 0) is 11.2 Å². The molecule has 2 aromatic carbocycles. The summed E-state index contributed by atoms with van der Waals surface area (Å²) in [6, 6.07) is 14.7. The molecule has 0 aromatic heterocycles. The summed E-state index contributed by atoms with van der Waals surface area (Å²) >= 11 is 23.0. The molecule has 28 heavy (non-hydrogen) atoms. The number of nitrogens with one attached hydrogen (secondary N) is 3. The Morgan fingerprint density at radius 1 is 1.07 bits per heavy atom. The first-order chi connectivity index (χ1) is 13.1. The molecule has 1 amide bonds. The molecule has 2 aromatic rings. The Kier molecular flexibility index (Phi) is 7.82. The molecule has 0 fully saturated rings. The second kappa shape index (κ2) is 9.88. The third-order valence-corrected chi connectivity index (χ3v) is 4.33. The highest BCUT2D eigenvalue weighted by atomic mass is 35.6.